The van der Waals surface area contributed by atoms with Gasteiger partial charge in [-0.3, -0.25) is 10.1 Å². The van der Waals surface area contributed by atoms with Crippen molar-refractivity contribution in [3.8, 4) is 0 Å². The van der Waals surface area contributed by atoms with Gasteiger partial charge in [0.25, 0.3) is 5.69 Å². The first-order valence-electron chi connectivity index (χ1n) is 5.09. The van der Waals surface area contributed by atoms with E-state index in [4.69, 9.17) is 16.3 Å². The number of ether oxygens (including phenoxy) is 1. The molecule has 1 aromatic carbocycles. The highest BCUT2D eigenvalue weighted by molar-refractivity contribution is 6.30. The van der Waals surface area contributed by atoms with Gasteiger partial charge in [-0.15, -0.1) is 0 Å². The minimum absolute atomic E-state index is 0.0100. The molecule has 5 heteroatoms. The van der Waals surface area contributed by atoms with Crippen LogP contribution in [0.1, 0.15) is 25.8 Å². The summed E-state index contributed by atoms with van der Waals surface area (Å²) in [7, 11) is 0. The van der Waals surface area contributed by atoms with Crippen LogP contribution in [0, 0.1) is 10.1 Å². The molecule has 16 heavy (non-hydrogen) atoms. The average Bonchev–Trinajstić information content (AvgIpc) is 2.26. The lowest BCUT2D eigenvalue weighted by Crippen LogP contribution is -2.07. The Hall–Kier alpha value is -1.13. The fraction of sp³-hybridized carbons (Fsp3) is 0.455. The van der Waals surface area contributed by atoms with Crippen LogP contribution >= 0.6 is 11.6 Å². The minimum atomic E-state index is -0.443. The van der Waals surface area contributed by atoms with Gasteiger partial charge in [-0.05, 0) is 25.5 Å². The van der Waals surface area contributed by atoms with Crippen molar-refractivity contribution >= 4 is 17.3 Å². The van der Waals surface area contributed by atoms with Crippen molar-refractivity contribution in [2.45, 2.75) is 33.0 Å². The summed E-state index contributed by atoms with van der Waals surface area (Å²) < 4.78 is 5.46. The monoisotopic (exact) mass is 243 g/mol. The smallest absolute Gasteiger partial charge is 0.276 e. The Labute approximate surface area is 99.3 Å². The molecule has 0 saturated heterocycles. The van der Waals surface area contributed by atoms with Gasteiger partial charge in [0.05, 0.1) is 23.2 Å². The number of benzene rings is 1. The molecule has 1 aromatic rings. The molecule has 0 fully saturated rings. The minimum Gasteiger partial charge on any atom is -0.374 e. The number of rotatable bonds is 5. The van der Waals surface area contributed by atoms with Crippen LogP contribution in [-0.2, 0) is 11.3 Å². The Kier molecular flexibility index (Phi) is 4.71. The van der Waals surface area contributed by atoms with Gasteiger partial charge in [0.1, 0.15) is 0 Å². The van der Waals surface area contributed by atoms with E-state index in [9.17, 15) is 10.1 Å². The van der Waals surface area contributed by atoms with Gasteiger partial charge in [-0.2, -0.15) is 0 Å². The van der Waals surface area contributed by atoms with Crippen molar-refractivity contribution in [1.29, 1.82) is 0 Å². The topological polar surface area (TPSA) is 52.4 Å². The van der Waals surface area contributed by atoms with Crippen molar-refractivity contribution in [2.75, 3.05) is 0 Å². The summed E-state index contributed by atoms with van der Waals surface area (Å²) in [4.78, 5) is 10.3. The number of halogens is 1. The van der Waals surface area contributed by atoms with Crippen molar-refractivity contribution in [3.05, 3.63) is 38.9 Å². The van der Waals surface area contributed by atoms with Crippen LogP contribution in [0.5, 0.6) is 0 Å². The molecule has 0 saturated carbocycles. The number of hydrogen-bond acceptors (Lipinski definition) is 3. The summed E-state index contributed by atoms with van der Waals surface area (Å²) in [6.07, 6.45) is 0.969. The van der Waals surface area contributed by atoms with Crippen LogP contribution in [-0.4, -0.2) is 11.0 Å². The van der Waals surface area contributed by atoms with E-state index >= 15 is 0 Å². The van der Waals surface area contributed by atoms with E-state index in [1.54, 1.807) is 12.1 Å². The number of nitro benzene ring substituents is 1. The van der Waals surface area contributed by atoms with E-state index in [1.165, 1.54) is 6.07 Å². The Morgan fingerprint density at radius 1 is 1.56 bits per heavy atom. The molecule has 0 amide bonds. The third-order valence-corrected chi connectivity index (χ3v) is 2.58. The van der Waals surface area contributed by atoms with E-state index in [0.29, 0.717) is 10.6 Å². The molecule has 0 heterocycles. The summed E-state index contributed by atoms with van der Waals surface area (Å²) in [5.74, 6) is 0. The lowest BCUT2D eigenvalue weighted by Gasteiger charge is -2.10. The van der Waals surface area contributed by atoms with Gasteiger partial charge in [-0.1, -0.05) is 18.5 Å². The Morgan fingerprint density at radius 3 is 2.81 bits per heavy atom. The van der Waals surface area contributed by atoms with Gasteiger partial charge < -0.3 is 4.74 Å². The predicted molar refractivity (Wildman–Crippen MR) is 62.6 cm³/mol. The van der Waals surface area contributed by atoms with Crippen LogP contribution in [0.15, 0.2) is 18.2 Å². The van der Waals surface area contributed by atoms with Gasteiger partial charge in [-0.25, -0.2) is 0 Å². The maximum Gasteiger partial charge on any atom is 0.276 e. The summed E-state index contributed by atoms with van der Waals surface area (Å²) in [6, 6.07) is 4.60. The Balaban J connectivity index is 2.82. The molecule has 1 rings (SSSR count). The van der Waals surface area contributed by atoms with Gasteiger partial charge in [0.15, 0.2) is 0 Å². The molecular formula is C11H14ClNO3. The highest BCUT2D eigenvalue weighted by Gasteiger charge is 2.14. The molecule has 0 spiro atoms. The summed E-state index contributed by atoms with van der Waals surface area (Å²) in [5, 5.41) is 11.1. The zero-order valence-corrected chi connectivity index (χ0v) is 10.0. The van der Waals surface area contributed by atoms with Crippen LogP contribution in [0.25, 0.3) is 0 Å². The first kappa shape index (κ1) is 12.9. The van der Waals surface area contributed by atoms with E-state index < -0.39 is 4.92 Å². The van der Waals surface area contributed by atoms with Crippen LogP contribution in [0.2, 0.25) is 5.02 Å². The quantitative estimate of drug-likeness (QED) is 0.587. The lowest BCUT2D eigenvalue weighted by atomic mass is 10.2. The van der Waals surface area contributed by atoms with E-state index in [-0.39, 0.29) is 18.4 Å². The largest absolute Gasteiger partial charge is 0.374 e. The second-order valence-electron chi connectivity index (χ2n) is 3.56. The molecule has 1 unspecified atom stereocenters. The third-order valence-electron chi connectivity index (χ3n) is 2.34. The molecule has 0 radical (unpaired) electrons. The van der Waals surface area contributed by atoms with Crippen LogP contribution in [0.4, 0.5) is 5.69 Å². The second-order valence-corrected chi connectivity index (χ2v) is 4.00. The van der Waals surface area contributed by atoms with Gasteiger partial charge in [0.2, 0.25) is 0 Å². The Bertz CT molecular complexity index is 381. The maximum atomic E-state index is 10.8. The van der Waals surface area contributed by atoms with Crippen LogP contribution in [0.3, 0.4) is 0 Å². The maximum absolute atomic E-state index is 10.8. The average molecular weight is 244 g/mol. The third kappa shape index (κ3) is 3.47. The number of nitrogens with zero attached hydrogens (tertiary/aromatic N) is 1. The normalized spacial score (nSPS) is 12.4. The Morgan fingerprint density at radius 2 is 2.25 bits per heavy atom. The van der Waals surface area contributed by atoms with E-state index in [1.807, 2.05) is 13.8 Å². The SMILES string of the molecule is CCC(C)OCc1ccc(Cl)cc1[N+](=O)[O-]. The fourth-order valence-electron chi connectivity index (χ4n) is 1.18. The molecule has 4 nitrogen and oxygen atoms in total. The lowest BCUT2D eigenvalue weighted by molar-refractivity contribution is -0.386. The summed E-state index contributed by atoms with van der Waals surface area (Å²) in [5.41, 5.74) is 0.561. The van der Waals surface area contributed by atoms with Gasteiger partial charge >= 0.3 is 0 Å². The number of hydrogen-bond donors (Lipinski definition) is 0. The van der Waals surface area contributed by atoms with Gasteiger partial charge in [0, 0.05) is 11.1 Å². The molecule has 0 aromatic heterocycles. The molecule has 0 N–H and O–H groups in total. The van der Waals surface area contributed by atoms with Crippen molar-refractivity contribution in [2.24, 2.45) is 0 Å². The fourth-order valence-corrected chi connectivity index (χ4v) is 1.35. The molecule has 0 aliphatic heterocycles. The predicted octanol–water partition coefficient (Wildman–Crippen LogP) is 3.56. The van der Waals surface area contributed by atoms with E-state index in [2.05, 4.69) is 0 Å². The molecule has 1 atom stereocenters. The number of nitro groups is 1. The standard InChI is InChI=1S/C11H14ClNO3/c1-3-8(2)16-7-9-4-5-10(12)6-11(9)13(14)15/h4-6,8H,3,7H2,1-2H3. The second kappa shape index (κ2) is 5.82. The summed E-state index contributed by atoms with van der Waals surface area (Å²) in [6.45, 7) is 4.17. The van der Waals surface area contributed by atoms with Crippen molar-refractivity contribution in [1.82, 2.24) is 0 Å². The van der Waals surface area contributed by atoms with Crippen LogP contribution < -0.4 is 0 Å². The zero-order valence-electron chi connectivity index (χ0n) is 9.27. The zero-order chi connectivity index (χ0) is 12.1. The highest BCUT2D eigenvalue weighted by atomic mass is 35.5. The molecular weight excluding hydrogens is 230 g/mol. The molecule has 0 bridgehead atoms. The van der Waals surface area contributed by atoms with E-state index in [0.717, 1.165) is 6.42 Å². The molecule has 0 aliphatic carbocycles. The van der Waals surface area contributed by atoms with Crippen molar-refractivity contribution < 1.29 is 9.66 Å². The highest BCUT2D eigenvalue weighted by Crippen LogP contribution is 2.24. The molecule has 88 valence electrons. The first-order chi connectivity index (χ1) is 7.54. The molecule has 0 aliphatic rings. The summed E-state index contributed by atoms with van der Waals surface area (Å²) >= 11 is 5.71. The first-order valence-corrected chi connectivity index (χ1v) is 5.46. The van der Waals surface area contributed by atoms with Crippen molar-refractivity contribution in [3.63, 3.8) is 0 Å².